The van der Waals surface area contributed by atoms with Crippen LogP contribution in [-0.4, -0.2) is 31.4 Å². The highest BCUT2D eigenvalue weighted by Crippen LogP contribution is 2.36. The van der Waals surface area contributed by atoms with Crippen LogP contribution in [0.1, 0.15) is 40.2 Å². The average Bonchev–Trinajstić information content (AvgIpc) is 3.09. The molecule has 1 aromatic carbocycles. The van der Waals surface area contributed by atoms with Crippen molar-refractivity contribution in [1.82, 2.24) is 10.5 Å². The van der Waals surface area contributed by atoms with Crippen LogP contribution in [-0.2, 0) is 19.4 Å². The van der Waals surface area contributed by atoms with Crippen molar-refractivity contribution < 1.29 is 23.5 Å². The van der Waals surface area contributed by atoms with Crippen LogP contribution in [0.3, 0.4) is 0 Å². The molecular weight excluding hydrogens is 324 g/mol. The predicted octanol–water partition coefficient (Wildman–Crippen LogP) is 2.26. The summed E-state index contributed by atoms with van der Waals surface area (Å²) in [6.45, 7) is 1.33. The van der Waals surface area contributed by atoms with E-state index in [1.807, 2.05) is 6.07 Å². The van der Waals surface area contributed by atoms with Crippen molar-refractivity contribution in [3.63, 3.8) is 0 Å². The van der Waals surface area contributed by atoms with Crippen LogP contribution in [0.25, 0.3) is 0 Å². The van der Waals surface area contributed by atoms with Gasteiger partial charge in [0.05, 0.1) is 12.8 Å². The number of nitrogens with one attached hydrogen (secondary N) is 1. The Balaban J connectivity index is 1.51. The summed E-state index contributed by atoms with van der Waals surface area (Å²) in [6.07, 6.45) is 3.87. The van der Waals surface area contributed by atoms with E-state index >= 15 is 0 Å². The van der Waals surface area contributed by atoms with E-state index in [9.17, 15) is 4.79 Å². The molecule has 0 bridgehead atoms. The Morgan fingerprint density at radius 1 is 1.20 bits per heavy atom. The Hall–Kier alpha value is -2.70. The van der Waals surface area contributed by atoms with Gasteiger partial charge >= 0.3 is 0 Å². The third-order valence-electron chi connectivity index (χ3n) is 4.55. The number of carbonyl (C=O) groups is 1. The van der Waals surface area contributed by atoms with Gasteiger partial charge in [0.15, 0.2) is 11.5 Å². The molecule has 7 heteroatoms. The zero-order chi connectivity index (χ0) is 17.2. The first-order chi connectivity index (χ1) is 12.3. The molecule has 0 fully saturated rings. The Morgan fingerprint density at radius 2 is 1.96 bits per heavy atom. The number of benzene rings is 1. The summed E-state index contributed by atoms with van der Waals surface area (Å²) in [5, 5.41) is 6.91. The molecule has 0 saturated heterocycles. The van der Waals surface area contributed by atoms with Crippen LogP contribution in [0.4, 0.5) is 0 Å². The predicted molar refractivity (Wildman–Crippen MR) is 88.3 cm³/mol. The summed E-state index contributed by atoms with van der Waals surface area (Å²) in [5.74, 6) is 2.03. The van der Waals surface area contributed by atoms with E-state index in [2.05, 4.69) is 10.5 Å². The van der Waals surface area contributed by atoms with Crippen molar-refractivity contribution in [3.8, 4) is 17.2 Å². The van der Waals surface area contributed by atoms with Gasteiger partial charge in [-0.25, -0.2) is 0 Å². The highest BCUT2D eigenvalue weighted by Gasteiger charge is 2.24. The maximum atomic E-state index is 12.5. The van der Waals surface area contributed by atoms with E-state index in [1.54, 1.807) is 13.2 Å². The first-order valence-corrected chi connectivity index (χ1v) is 8.48. The van der Waals surface area contributed by atoms with E-state index in [0.29, 0.717) is 42.8 Å². The van der Waals surface area contributed by atoms with Gasteiger partial charge in [0, 0.05) is 23.7 Å². The molecule has 0 atom stereocenters. The molecule has 0 unspecified atom stereocenters. The SMILES string of the molecule is COc1cc2c(cc1CNC(=O)c1onc3c1CCCC3)OCCO2. The quantitative estimate of drug-likeness (QED) is 0.916. The monoisotopic (exact) mass is 344 g/mol. The minimum absolute atomic E-state index is 0.257. The number of carbonyl (C=O) groups excluding carboxylic acids is 1. The number of nitrogens with zero attached hydrogens (tertiary/aromatic N) is 1. The number of amides is 1. The molecule has 1 aliphatic carbocycles. The van der Waals surface area contributed by atoms with Gasteiger partial charge in [-0.05, 0) is 31.7 Å². The Bertz CT molecular complexity index is 799. The van der Waals surface area contributed by atoms with Gasteiger partial charge < -0.3 is 24.1 Å². The first-order valence-electron chi connectivity index (χ1n) is 8.48. The maximum absolute atomic E-state index is 12.5. The number of methoxy groups -OCH3 is 1. The van der Waals surface area contributed by atoms with Crippen LogP contribution < -0.4 is 19.5 Å². The summed E-state index contributed by atoms with van der Waals surface area (Å²) in [6, 6.07) is 3.62. The molecule has 25 heavy (non-hydrogen) atoms. The third-order valence-corrected chi connectivity index (χ3v) is 4.55. The summed E-state index contributed by atoms with van der Waals surface area (Å²) < 4.78 is 21.8. The lowest BCUT2D eigenvalue weighted by atomic mass is 9.96. The summed E-state index contributed by atoms with van der Waals surface area (Å²) >= 11 is 0. The summed E-state index contributed by atoms with van der Waals surface area (Å²) in [4.78, 5) is 12.5. The molecule has 1 aliphatic heterocycles. The lowest BCUT2D eigenvalue weighted by molar-refractivity contribution is 0.0912. The van der Waals surface area contributed by atoms with Crippen molar-refractivity contribution in [3.05, 3.63) is 34.7 Å². The minimum Gasteiger partial charge on any atom is -0.496 e. The molecule has 1 N–H and O–H groups in total. The van der Waals surface area contributed by atoms with Gasteiger partial charge in [-0.15, -0.1) is 0 Å². The molecule has 1 amide bonds. The number of rotatable bonds is 4. The number of hydrogen-bond donors (Lipinski definition) is 1. The van der Waals surface area contributed by atoms with Crippen molar-refractivity contribution in [2.75, 3.05) is 20.3 Å². The van der Waals surface area contributed by atoms with Crippen LogP contribution in [0.5, 0.6) is 17.2 Å². The molecular formula is C18H20N2O5. The van der Waals surface area contributed by atoms with Gasteiger partial charge in [-0.1, -0.05) is 5.16 Å². The van der Waals surface area contributed by atoms with Gasteiger partial charge in [-0.3, -0.25) is 4.79 Å². The minimum atomic E-state index is -0.257. The lowest BCUT2D eigenvalue weighted by Gasteiger charge is -2.20. The van der Waals surface area contributed by atoms with Crippen LogP contribution >= 0.6 is 0 Å². The number of ether oxygens (including phenoxy) is 3. The second-order valence-electron chi connectivity index (χ2n) is 6.13. The highest BCUT2D eigenvalue weighted by molar-refractivity contribution is 5.93. The average molecular weight is 344 g/mol. The Morgan fingerprint density at radius 3 is 2.76 bits per heavy atom. The highest BCUT2D eigenvalue weighted by atomic mass is 16.6. The van der Waals surface area contributed by atoms with E-state index in [-0.39, 0.29) is 5.91 Å². The van der Waals surface area contributed by atoms with Crippen LogP contribution in [0.15, 0.2) is 16.7 Å². The molecule has 2 heterocycles. The molecule has 0 spiro atoms. The molecule has 7 nitrogen and oxygen atoms in total. The van der Waals surface area contributed by atoms with Gasteiger partial charge in [0.25, 0.3) is 5.91 Å². The summed E-state index contributed by atoms with van der Waals surface area (Å²) in [5.41, 5.74) is 2.67. The van der Waals surface area contributed by atoms with E-state index in [1.165, 1.54) is 0 Å². The van der Waals surface area contributed by atoms with Gasteiger partial charge in [0.2, 0.25) is 5.76 Å². The second-order valence-corrected chi connectivity index (χ2v) is 6.13. The van der Waals surface area contributed by atoms with E-state index in [0.717, 1.165) is 42.5 Å². The topological polar surface area (TPSA) is 82.8 Å². The van der Waals surface area contributed by atoms with E-state index in [4.69, 9.17) is 18.7 Å². The zero-order valence-electron chi connectivity index (χ0n) is 14.1. The van der Waals surface area contributed by atoms with Gasteiger partial charge in [-0.2, -0.15) is 0 Å². The fourth-order valence-electron chi connectivity index (χ4n) is 3.27. The largest absolute Gasteiger partial charge is 0.496 e. The Labute approximate surface area is 145 Å². The fraction of sp³-hybridized carbons (Fsp3) is 0.444. The van der Waals surface area contributed by atoms with Crippen LogP contribution in [0, 0.1) is 0 Å². The molecule has 132 valence electrons. The van der Waals surface area contributed by atoms with E-state index < -0.39 is 0 Å². The smallest absolute Gasteiger partial charge is 0.290 e. The normalized spacial score (nSPS) is 15.4. The molecule has 2 aromatic rings. The molecule has 2 aliphatic rings. The Kier molecular flexibility index (Phi) is 4.21. The number of hydrogen-bond acceptors (Lipinski definition) is 6. The maximum Gasteiger partial charge on any atom is 0.290 e. The second kappa shape index (κ2) is 6.66. The lowest BCUT2D eigenvalue weighted by Crippen LogP contribution is -2.24. The van der Waals surface area contributed by atoms with Crippen LogP contribution in [0.2, 0.25) is 0 Å². The van der Waals surface area contributed by atoms with Crippen molar-refractivity contribution >= 4 is 5.91 Å². The molecule has 4 rings (SSSR count). The number of aryl methyl sites for hydroxylation is 1. The van der Waals surface area contributed by atoms with Crippen molar-refractivity contribution in [2.24, 2.45) is 0 Å². The number of fused-ring (bicyclic) bond motifs is 2. The zero-order valence-corrected chi connectivity index (χ0v) is 14.1. The summed E-state index contributed by atoms with van der Waals surface area (Å²) in [7, 11) is 1.59. The molecule has 0 saturated carbocycles. The van der Waals surface area contributed by atoms with Crippen molar-refractivity contribution in [1.29, 1.82) is 0 Å². The first kappa shape index (κ1) is 15.8. The standard InChI is InChI=1S/C18H20N2O5/c1-22-14-9-16-15(23-6-7-24-16)8-11(14)10-19-18(21)17-12-4-2-3-5-13(12)20-25-17/h8-9H,2-7,10H2,1H3,(H,19,21). The van der Waals surface area contributed by atoms with Gasteiger partial charge in [0.1, 0.15) is 19.0 Å². The fourth-order valence-corrected chi connectivity index (χ4v) is 3.27. The third kappa shape index (κ3) is 3.01. The number of aromatic nitrogens is 1. The molecule has 1 aromatic heterocycles. The molecule has 0 radical (unpaired) electrons. The van der Waals surface area contributed by atoms with Crippen molar-refractivity contribution in [2.45, 2.75) is 32.2 Å².